The molecule has 31 heavy (non-hydrogen) atoms. The van der Waals surface area contributed by atoms with Crippen molar-refractivity contribution in [1.82, 2.24) is 5.43 Å². The van der Waals surface area contributed by atoms with Crippen LogP contribution in [0, 0.1) is 0 Å². The van der Waals surface area contributed by atoms with Gasteiger partial charge < -0.3 is 14.7 Å². The third kappa shape index (κ3) is 5.93. The van der Waals surface area contributed by atoms with Gasteiger partial charge in [-0.3, -0.25) is 4.79 Å². The van der Waals surface area contributed by atoms with Crippen molar-refractivity contribution in [3.8, 4) is 5.75 Å². The number of hydrogen-bond donors (Lipinski definition) is 2. The number of carbonyl (C=O) groups excluding carboxylic acids is 1. The molecule has 0 radical (unpaired) electrons. The molecule has 3 aromatic rings. The molecule has 0 aromatic heterocycles. The fourth-order valence-electron chi connectivity index (χ4n) is 2.77. The van der Waals surface area contributed by atoms with Gasteiger partial charge in [-0.1, -0.05) is 30.3 Å². The number of anilines is 1. The van der Waals surface area contributed by atoms with Crippen LogP contribution in [0.1, 0.15) is 31.8 Å². The van der Waals surface area contributed by atoms with E-state index in [4.69, 9.17) is 9.84 Å². The van der Waals surface area contributed by atoms with Crippen LogP contribution < -0.4 is 15.1 Å². The second-order valence-corrected chi connectivity index (χ2v) is 6.97. The van der Waals surface area contributed by atoms with E-state index in [9.17, 15) is 9.59 Å². The SMILES string of the molecule is CN(C)c1cccc(C(=O)N/N=C\c2ccccc2OCc2ccc(C(=O)O)cc2)c1. The van der Waals surface area contributed by atoms with E-state index in [1.807, 2.05) is 49.3 Å². The first-order valence-electron chi connectivity index (χ1n) is 9.59. The Morgan fingerprint density at radius 2 is 1.74 bits per heavy atom. The predicted octanol–water partition coefficient (Wildman–Crippen LogP) is 3.79. The molecule has 158 valence electrons. The Kier molecular flexibility index (Phi) is 7.01. The third-order valence-corrected chi connectivity index (χ3v) is 4.51. The van der Waals surface area contributed by atoms with Gasteiger partial charge in [0.1, 0.15) is 12.4 Å². The summed E-state index contributed by atoms with van der Waals surface area (Å²) in [5.41, 5.74) is 5.73. The quantitative estimate of drug-likeness (QED) is 0.430. The minimum absolute atomic E-state index is 0.225. The van der Waals surface area contributed by atoms with Crippen LogP contribution in [0.25, 0.3) is 0 Å². The number of nitrogens with zero attached hydrogens (tertiary/aromatic N) is 2. The molecule has 0 heterocycles. The van der Waals surface area contributed by atoms with Gasteiger partial charge in [0, 0.05) is 30.9 Å². The molecule has 0 bridgehead atoms. The monoisotopic (exact) mass is 417 g/mol. The highest BCUT2D eigenvalue weighted by Gasteiger charge is 2.07. The highest BCUT2D eigenvalue weighted by atomic mass is 16.5. The van der Waals surface area contributed by atoms with E-state index in [1.165, 1.54) is 18.3 Å². The van der Waals surface area contributed by atoms with E-state index in [0.29, 0.717) is 16.9 Å². The van der Waals surface area contributed by atoms with Gasteiger partial charge in [0.2, 0.25) is 0 Å². The van der Waals surface area contributed by atoms with Crippen molar-refractivity contribution in [3.05, 3.63) is 95.1 Å². The molecular weight excluding hydrogens is 394 g/mol. The molecule has 3 rings (SSSR count). The molecule has 0 aliphatic carbocycles. The second kappa shape index (κ2) is 10.1. The summed E-state index contributed by atoms with van der Waals surface area (Å²) in [6.45, 7) is 0.272. The maximum atomic E-state index is 12.4. The van der Waals surface area contributed by atoms with Crippen molar-refractivity contribution in [3.63, 3.8) is 0 Å². The van der Waals surface area contributed by atoms with E-state index in [1.54, 1.807) is 30.3 Å². The summed E-state index contributed by atoms with van der Waals surface area (Å²) in [6, 6.07) is 21.1. The number of carboxylic acids is 1. The minimum Gasteiger partial charge on any atom is -0.488 e. The van der Waals surface area contributed by atoms with Crippen LogP contribution >= 0.6 is 0 Å². The fraction of sp³-hybridized carbons (Fsp3) is 0.125. The number of aromatic carboxylic acids is 1. The first-order chi connectivity index (χ1) is 14.9. The fourth-order valence-corrected chi connectivity index (χ4v) is 2.77. The van der Waals surface area contributed by atoms with Gasteiger partial charge in [-0.05, 0) is 48.0 Å². The van der Waals surface area contributed by atoms with Crippen LogP contribution in [0.5, 0.6) is 5.75 Å². The molecule has 3 aromatic carbocycles. The Balaban J connectivity index is 1.63. The van der Waals surface area contributed by atoms with Gasteiger partial charge in [0.25, 0.3) is 5.91 Å². The molecule has 0 saturated heterocycles. The summed E-state index contributed by atoms with van der Waals surface area (Å²) in [5.74, 6) is -0.682. The summed E-state index contributed by atoms with van der Waals surface area (Å²) >= 11 is 0. The number of carboxylic acid groups (broad SMARTS) is 1. The van der Waals surface area contributed by atoms with Crippen LogP contribution in [0.4, 0.5) is 5.69 Å². The molecule has 0 aliphatic rings. The van der Waals surface area contributed by atoms with Gasteiger partial charge in [-0.15, -0.1) is 0 Å². The average molecular weight is 417 g/mol. The van der Waals surface area contributed by atoms with Crippen LogP contribution in [0.3, 0.4) is 0 Å². The van der Waals surface area contributed by atoms with Gasteiger partial charge in [0.15, 0.2) is 0 Å². The molecule has 0 saturated carbocycles. The molecule has 0 fully saturated rings. The first kappa shape index (κ1) is 21.6. The van der Waals surface area contributed by atoms with E-state index in [2.05, 4.69) is 10.5 Å². The Morgan fingerprint density at radius 1 is 1.00 bits per heavy atom. The lowest BCUT2D eigenvalue weighted by atomic mass is 10.1. The zero-order chi connectivity index (χ0) is 22.2. The average Bonchev–Trinajstić information content (AvgIpc) is 2.78. The number of nitrogens with one attached hydrogen (secondary N) is 1. The van der Waals surface area contributed by atoms with E-state index < -0.39 is 5.97 Å². The standard InChI is InChI=1S/C24H23N3O4/c1-27(2)21-8-5-7-19(14-21)23(28)26-25-15-20-6-3-4-9-22(20)31-16-17-10-12-18(13-11-17)24(29)30/h3-15H,16H2,1-2H3,(H,26,28)(H,29,30)/b25-15-. The van der Waals surface area contributed by atoms with Crippen molar-refractivity contribution in [2.75, 3.05) is 19.0 Å². The minimum atomic E-state index is -0.968. The van der Waals surface area contributed by atoms with Crippen molar-refractivity contribution in [1.29, 1.82) is 0 Å². The number of benzene rings is 3. The second-order valence-electron chi connectivity index (χ2n) is 6.97. The molecule has 0 unspecified atom stereocenters. The van der Waals surface area contributed by atoms with Crippen LogP contribution in [-0.4, -0.2) is 37.3 Å². The van der Waals surface area contributed by atoms with Crippen LogP contribution in [0.15, 0.2) is 77.9 Å². The van der Waals surface area contributed by atoms with E-state index in [-0.39, 0.29) is 18.1 Å². The Hall–Kier alpha value is -4.13. The molecule has 7 heteroatoms. The summed E-state index contributed by atoms with van der Waals surface area (Å²) in [7, 11) is 3.82. The lowest BCUT2D eigenvalue weighted by Crippen LogP contribution is -2.18. The van der Waals surface area contributed by atoms with Crippen molar-refractivity contribution in [2.45, 2.75) is 6.61 Å². The summed E-state index contributed by atoms with van der Waals surface area (Å²) < 4.78 is 5.85. The number of ether oxygens (including phenoxy) is 1. The molecule has 1 amide bonds. The number of carbonyl (C=O) groups is 2. The van der Waals surface area contributed by atoms with Crippen LogP contribution in [0.2, 0.25) is 0 Å². The maximum absolute atomic E-state index is 12.4. The first-order valence-corrected chi connectivity index (χ1v) is 9.59. The molecular formula is C24H23N3O4. The van der Waals surface area contributed by atoms with E-state index >= 15 is 0 Å². The summed E-state index contributed by atoms with van der Waals surface area (Å²) in [6.07, 6.45) is 1.52. The zero-order valence-electron chi connectivity index (χ0n) is 17.3. The molecule has 2 N–H and O–H groups in total. The number of rotatable bonds is 8. The number of para-hydroxylation sites is 1. The maximum Gasteiger partial charge on any atom is 0.335 e. The lowest BCUT2D eigenvalue weighted by molar-refractivity contribution is 0.0696. The van der Waals surface area contributed by atoms with Crippen molar-refractivity contribution in [2.24, 2.45) is 5.10 Å². The molecule has 0 aliphatic heterocycles. The van der Waals surface area contributed by atoms with Crippen molar-refractivity contribution < 1.29 is 19.4 Å². The molecule has 7 nitrogen and oxygen atoms in total. The normalized spacial score (nSPS) is 10.6. The summed E-state index contributed by atoms with van der Waals surface area (Å²) in [5, 5.41) is 13.0. The lowest BCUT2D eigenvalue weighted by Gasteiger charge is -2.13. The number of hydrogen-bond acceptors (Lipinski definition) is 5. The molecule has 0 spiro atoms. The number of hydrazone groups is 1. The predicted molar refractivity (Wildman–Crippen MR) is 120 cm³/mol. The van der Waals surface area contributed by atoms with Gasteiger partial charge in [-0.2, -0.15) is 5.10 Å². The zero-order valence-corrected chi connectivity index (χ0v) is 17.3. The van der Waals surface area contributed by atoms with Gasteiger partial charge in [0.05, 0.1) is 11.8 Å². The van der Waals surface area contributed by atoms with E-state index in [0.717, 1.165) is 11.3 Å². The topological polar surface area (TPSA) is 91.2 Å². The highest BCUT2D eigenvalue weighted by Crippen LogP contribution is 2.18. The Bertz CT molecular complexity index is 1090. The van der Waals surface area contributed by atoms with Gasteiger partial charge >= 0.3 is 5.97 Å². The van der Waals surface area contributed by atoms with Crippen molar-refractivity contribution >= 4 is 23.8 Å². The molecule has 0 atom stereocenters. The number of amides is 1. The largest absolute Gasteiger partial charge is 0.488 e. The third-order valence-electron chi connectivity index (χ3n) is 4.51. The Labute approximate surface area is 180 Å². The smallest absolute Gasteiger partial charge is 0.335 e. The Morgan fingerprint density at radius 3 is 2.45 bits per heavy atom. The van der Waals surface area contributed by atoms with Gasteiger partial charge in [-0.25, -0.2) is 10.2 Å². The summed E-state index contributed by atoms with van der Waals surface area (Å²) in [4.78, 5) is 25.2. The highest BCUT2D eigenvalue weighted by molar-refractivity contribution is 5.96. The van der Waals surface area contributed by atoms with Crippen LogP contribution in [-0.2, 0) is 6.61 Å².